The Bertz CT molecular complexity index is 589. The van der Waals surface area contributed by atoms with Gasteiger partial charge in [-0.15, -0.1) is 0 Å². The standard InChI is InChI=1S/C14H12BrFN2O/c1-18(9-10-3-2-6-17-8-10)14(19)12-7-11(15)4-5-13(12)16/h2-8H,9H2,1H3. The van der Waals surface area contributed by atoms with E-state index in [0.29, 0.717) is 11.0 Å². The van der Waals surface area contributed by atoms with Crippen molar-refractivity contribution in [3.05, 3.63) is 64.1 Å². The maximum atomic E-state index is 13.6. The zero-order valence-electron chi connectivity index (χ0n) is 10.3. The summed E-state index contributed by atoms with van der Waals surface area (Å²) in [4.78, 5) is 17.6. The SMILES string of the molecule is CN(Cc1cccnc1)C(=O)c1cc(Br)ccc1F. The first-order valence-corrected chi connectivity index (χ1v) is 6.46. The number of aromatic nitrogens is 1. The minimum atomic E-state index is -0.522. The van der Waals surface area contributed by atoms with E-state index in [1.54, 1.807) is 31.6 Å². The number of hydrogen-bond donors (Lipinski definition) is 0. The van der Waals surface area contributed by atoms with Gasteiger partial charge in [-0.25, -0.2) is 4.39 Å². The van der Waals surface area contributed by atoms with Crippen LogP contribution in [0.15, 0.2) is 47.2 Å². The third-order valence-corrected chi connectivity index (χ3v) is 3.14. The zero-order chi connectivity index (χ0) is 13.8. The second-order valence-corrected chi connectivity index (χ2v) is 5.06. The number of benzene rings is 1. The van der Waals surface area contributed by atoms with Crippen LogP contribution in [-0.2, 0) is 6.54 Å². The lowest BCUT2D eigenvalue weighted by Crippen LogP contribution is -2.27. The molecule has 19 heavy (non-hydrogen) atoms. The molecule has 5 heteroatoms. The molecule has 1 aromatic carbocycles. The van der Waals surface area contributed by atoms with Gasteiger partial charge in [-0.1, -0.05) is 22.0 Å². The predicted molar refractivity (Wildman–Crippen MR) is 74.1 cm³/mol. The first-order chi connectivity index (χ1) is 9.08. The number of hydrogen-bond acceptors (Lipinski definition) is 2. The Labute approximate surface area is 119 Å². The summed E-state index contributed by atoms with van der Waals surface area (Å²) in [6.45, 7) is 0.388. The van der Waals surface area contributed by atoms with Gasteiger partial charge in [-0.3, -0.25) is 9.78 Å². The lowest BCUT2D eigenvalue weighted by molar-refractivity contribution is 0.0780. The smallest absolute Gasteiger partial charge is 0.256 e. The Hall–Kier alpha value is -1.75. The molecule has 1 aromatic heterocycles. The number of carbonyl (C=O) groups is 1. The van der Waals surface area contributed by atoms with Crippen molar-refractivity contribution in [3.63, 3.8) is 0 Å². The summed E-state index contributed by atoms with van der Waals surface area (Å²) in [6, 6.07) is 7.99. The summed E-state index contributed by atoms with van der Waals surface area (Å²) in [6.07, 6.45) is 3.35. The summed E-state index contributed by atoms with van der Waals surface area (Å²) < 4.78 is 14.3. The van der Waals surface area contributed by atoms with Gasteiger partial charge in [0.15, 0.2) is 0 Å². The Morgan fingerprint density at radius 3 is 2.89 bits per heavy atom. The van der Waals surface area contributed by atoms with Crippen molar-refractivity contribution in [3.8, 4) is 0 Å². The number of amides is 1. The minimum Gasteiger partial charge on any atom is -0.337 e. The van der Waals surface area contributed by atoms with Gasteiger partial charge in [0, 0.05) is 30.5 Å². The van der Waals surface area contributed by atoms with Crippen LogP contribution in [0, 0.1) is 5.82 Å². The molecule has 0 N–H and O–H groups in total. The summed E-state index contributed by atoms with van der Waals surface area (Å²) in [5.41, 5.74) is 0.953. The molecular formula is C14H12BrFN2O. The van der Waals surface area contributed by atoms with Crippen molar-refractivity contribution in [1.29, 1.82) is 0 Å². The fourth-order valence-corrected chi connectivity index (χ4v) is 2.07. The van der Waals surface area contributed by atoms with Gasteiger partial charge in [0.05, 0.1) is 5.56 Å². The zero-order valence-corrected chi connectivity index (χ0v) is 11.9. The molecule has 3 nitrogen and oxygen atoms in total. The van der Waals surface area contributed by atoms with Crippen molar-refractivity contribution in [2.75, 3.05) is 7.05 Å². The van der Waals surface area contributed by atoms with Gasteiger partial charge in [0.2, 0.25) is 0 Å². The highest BCUT2D eigenvalue weighted by atomic mass is 79.9. The van der Waals surface area contributed by atoms with Gasteiger partial charge < -0.3 is 4.90 Å². The number of rotatable bonds is 3. The average Bonchev–Trinajstić information content (AvgIpc) is 2.42. The molecule has 0 saturated heterocycles. The molecule has 1 heterocycles. The third kappa shape index (κ3) is 3.38. The van der Waals surface area contributed by atoms with Crippen LogP contribution in [0.3, 0.4) is 0 Å². The normalized spacial score (nSPS) is 10.3. The van der Waals surface area contributed by atoms with Gasteiger partial charge in [-0.2, -0.15) is 0 Å². The maximum Gasteiger partial charge on any atom is 0.256 e. The topological polar surface area (TPSA) is 33.2 Å². The van der Waals surface area contributed by atoms with Crippen molar-refractivity contribution in [2.45, 2.75) is 6.54 Å². The van der Waals surface area contributed by atoms with Crippen LogP contribution in [0.1, 0.15) is 15.9 Å². The Balaban J connectivity index is 2.17. The van der Waals surface area contributed by atoms with Crippen LogP contribution in [0.5, 0.6) is 0 Å². The van der Waals surface area contributed by atoms with E-state index < -0.39 is 5.82 Å². The molecule has 1 amide bonds. The van der Waals surface area contributed by atoms with Gasteiger partial charge in [0.1, 0.15) is 5.82 Å². The fraction of sp³-hybridized carbons (Fsp3) is 0.143. The van der Waals surface area contributed by atoms with Gasteiger partial charge in [-0.05, 0) is 29.8 Å². The molecule has 0 fully saturated rings. The molecule has 0 aliphatic carbocycles. The van der Waals surface area contributed by atoms with Crippen molar-refractivity contribution in [2.24, 2.45) is 0 Å². The first-order valence-electron chi connectivity index (χ1n) is 5.67. The average molecular weight is 323 g/mol. The molecule has 98 valence electrons. The van der Waals surface area contributed by atoms with E-state index in [1.807, 2.05) is 6.07 Å². The largest absolute Gasteiger partial charge is 0.337 e. The molecule has 2 aromatic rings. The highest BCUT2D eigenvalue weighted by Crippen LogP contribution is 2.17. The van der Waals surface area contributed by atoms with E-state index in [0.717, 1.165) is 5.56 Å². The number of nitrogens with zero attached hydrogens (tertiary/aromatic N) is 2. The van der Waals surface area contributed by atoms with E-state index >= 15 is 0 Å². The van der Waals surface area contributed by atoms with Gasteiger partial charge >= 0.3 is 0 Å². The maximum absolute atomic E-state index is 13.6. The highest BCUT2D eigenvalue weighted by molar-refractivity contribution is 9.10. The number of halogens is 2. The van der Waals surface area contributed by atoms with Crippen LogP contribution < -0.4 is 0 Å². The number of carbonyl (C=O) groups excluding carboxylic acids is 1. The molecule has 0 aliphatic rings. The Morgan fingerprint density at radius 1 is 1.42 bits per heavy atom. The number of pyridine rings is 1. The monoisotopic (exact) mass is 322 g/mol. The summed E-state index contributed by atoms with van der Waals surface area (Å²) in [5.74, 6) is -0.881. The lowest BCUT2D eigenvalue weighted by atomic mass is 10.2. The van der Waals surface area contributed by atoms with Gasteiger partial charge in [0.25, 0.3) is 5.91 Å². The quantitative estimate of drug-likeness (QED) is 0.869. The van der Waals surface area contributed by atoms with Crippen LogP contribution in [0.4, 0.5) is 4.39 Å². The molecular weight excluding hydrogens is 311 g/mol. The second-order valence-electron chi connectivity index (χ2n) is 4.15. The molecule has 0 atom stereocenters. The molecule has 0 spiro atoms. The van der Waals surface area contributed by atoms with E-state index in [4.69, 9.17) is 0 Å². The van der Waals surface area contributed by atoms with Crippen molar-refractivity contribution < 1.29 is 9.18 Å². The van der Waals surface area contributed by atoms with E-state index in [1.165, 1.54) is 17.0 Å². The summed E-state index contributed by atoms with van der Waals surface area (Å²) >= 11 is 3.23. The lowest BCUT2D eigenvalue weighted by Gasteiger charge is -2.17. The second kappa shape index (κ2) is 5.93. The Kier molecular flexibility index (Phi) is 4.27. The molecule has 0 bridgehead atoms. The molecule has 0 radical (unpaired) electrons. The van der Waals surface area contributed by atoms with Crippen LogP contribution >= 0.6 is 15.9 Å². The summed E-state index contributed by atoms with van der Waals surface area (Å²) in [7, 11) is 1.63. The summed E-state index contributed by atoms with van der Waals surface area (Å²) in [5, 5.41) is 0. The molecule has 0 saturated carbocycles. The van der Waals surface area contributed by atoms with Crippen LogP contribution in [-0.4, -0.2) is 22.8 Å². The fourth-order valence-electron chi connectivity index (χ4n) is 1.70. The van der Waals surface area contributed by atoms with E-state index in [9.17, 15) is 9.18 Å². The molecule has 0 unspecified atom stereocenters. The third-order valence-electron chi connectivity index (χ3n) is 2.65. The van der Waals surface area contributed by atoms with Crippen LogP contribution in [0.25, 0.3) is 0 Å². The predicted octanol–water partition coefficient (Wildman–Crippen LogP) is 3.26. The molecule has 2 rings (SSSR count). The minimum absolute atomic E-state index is 0.0563. The van der Waals surface area contributed by atoms with E-state index in [2.05, 4.69) is 20.9 Å². The van der Waals surface area contributed by atoms with E-state index in [-0.39, 0.29) is 11.5 Å². The molecule has 0 aliphatic heterocycles. The van der Waals surface area contributed by atoms with Crippen molar-refractivity contribution >= 4 is 21.8 Å². The van der Waals surface area contributed by atoms with Crippen LogP contribution in [0.2, 0.25) is 0 Å². The Morgan fingerprint density at radius 2 is 2.21 bits per heavy atom. The van der Waals surface area contributed by atoms with Crippen molar-refractivity contribution in [1.82, 2.24) is 9.88 Å². The highest BCUT2D eigenvalue weighted by Gasteiger charge is 2.16. The first kappa shape index (κ1) is 13.7.